The number of nitrogens with one attached hydrogen (secondary N) is 1. The van der Waals surface area contributed by atoms with E-state index >= 15 is 0 Å². The highest BCUT2D eigenvalue weighted by atomic mass is 16.1. The second-order valence-electron chi connectivity index (χ2n) is 4.22. The lowest BCUT2D eigenvalue weighted by molar-refractivity contribution is 0.1000. The Kier molecular flexibility index (Phi) is 4.45. The molecule has 1 heterocycles. The molecule has 0 saturated heterocycles. The molecule has 1 rings (SSSR count). The van der Waals surface area contributed by atoms with E-state index in [1.807, 2.05) is 0 Å². The van der Waals surface area contributed by atoms with Crippen LogP contribution in [0.4, 0.5) is 5.82 Å². The van der Waals surface area contributed by atoms with Gasteiger partial charge in [-0.15, -0.1) is 0 Å². The topological polar surface area (TPSA) is 94.0 Å². The van der Waals surface area contributed by atoms with Crippen molar-refractivity contribution in [2.75, 3.05) is 11.9 Å². The maximum atomic E-state index is 10.9. The van der Waals surface area contributed by atoms with Gasteiger partial charge in [-0.2, -0.15) is 0 Å². The summed E-state index contributed by atoms with van der Waals surface area (Å²) in [6.07, 6.45) is 3.26. The first-order valence-electron chi connectivity index (χ1n) is 5.79. The second-order valence-corrected chi connectivity index (χ2v) is 4.22. The van der Waals surface area contributed by atoms with Crippen LogP contribution in [0.3, 0.4) is 0 Å². The average molecular weight is 236 g/mol. The number of hydrogen-bond donors (Lipinski definition) is 3. The smallest absolute Gasteiger partial charge is 0.250 e. The van der Waals surface area contributed by atoms with E-state index in [-0.39, 0.29) is 5.54 Å². The van der Waals surface area contributed by atoms with Crippen LogP contribution in [-0.4, -0.2) is 23.0 Å². The number of anilines is 1. The van der Waals surface area contributed by atoms with Crippen LogP contribution < -0.4 is 16.8 Å². The largest absolute Gasteiger partial charge is 0.368 e. The molecule has 0 atom stereocenters. The molecule has 17 heavy (non-hydrogen) atoms. The van der Waals surface area contributed by atoms with Gasteiger partial charge in [0, 0.05) is 18.3 Å². The van der Waals surface area contributed by atoms with Gasteiger partial charge in [0.05, 0.1) is 5.56 Å². The zero-order valence-corrected chi connectivity index (χ0v) is 10.4. The van der Waals surface area contributed by atoms with Gasteiger partial charge in [-0.1, -0.05) is 13.8 Å². The highest BCUT2D eigenvalue weighted by Gasteiger charge is 2.19. The molecule has 5 heteroatoms. The summed E-state index contributed by atoms with van der Waals surface area (Å²) in [7, 11) is 0. The van der Waals surface area contributed by atoms with Gasteiger partial charge in [-0.05, 0) is 25.0 Å². The lowest BCUT2D eigenvalue weighted by atomic mass is 9.94. The van der Waals surface area contributed by atoms with Gasteiger partial charge >= 0.3 is 0 Å². The summed E-state index contributed by atoms with van der Waals surface area (Å²) in [5.41, 5.74) is 11.5. The van der Waals surface area contributed by atoms with Crippen molar-refractivity contribution in [2.24, 2.45) is 11.5 Å². The van der Waals surface area contributed by atoms with E-state index in [0.717, 1.165) is 12.8 Å². The standard InChI is InChI=1S/C12H20N4O/c1-3-12(14,4-2)8-16-10-6-5-9(7-15-10)11(13)17/h5-7H,3-4,8,14H2,1-2H3,(H2,13,17)(H,15,16). The lowest BCUT2D eigenvalue weighted by Gasteiger charge is -2.27. The number of carbonyl (C=O) groups excluding carboxylic acids is 1. The molecule has 0 radical (unpaired) electrons. The van der Waals surface area contributed by atoms with Gasteiger partial charge in [0.15, 0.2) is 0 Å². The number of carbonyl (C=O) groups is 1. The Morgan fingerprint density at radius 2 is 2.06 bits per heavy atom. The van der Waals surface area contributed by atoms with Crippen molar-refractivity contribution in [3.8, 4) is 0 Å². The third-order valence-electron chi connectivity index (χ3n) is 3.08. The van der Waals surface area contributed by atoms with Crippen LogP contribution in [0.5, 0.6) is 0 Å². The predicted molar refractivity (Wildman–Crippen MR) is 68.7 cm³/mol. The molecule has 1 aromatic heterocycles. The van der Waals surface area contributed by atoms with Crippen molar-refractivity contribution >= 4 is 11.7 Å². The van der Waals surface area contributed by atoms with E-state index in [1.54, 1.807) is 12.1 Å². The van der Waals surface area contributed by atoms with Crippen molar-refractivity contribution in [1.82, 2.24) is 4.98 Å². The first-order chi connectivity index (χ1) is 8.00. The third kappa shape index (κ3) is 3.71. The van der Waals surface area contributed by atoms with Crippen LogP contribution in [-0.2, 0) is 0 Å². The number of nitrogens with zero attached hydrogens (tertiary/aromatic N) is 1. The van der Waals surface area contributed by atoms with Crippen molar-refractivity contribution in [3.05, 3.63) is 23.9 Å². The summed E-state index contributed by atoms with van der Waals surface area (Å²) in [5, 5.41) is 3.17. The zero-order valence-electron chi connectivity index (χ0n) is 10.4. The summed E-state index contributed by atoms with van der Waals surface area (Å²) in [6.45, 7) is 4.78. The summed E-state index contributed by atoms with van der Waals surface area (Å²) in [5.74, 6) is 0.228. The molecule has 0 aliphatic heterocycles. The van der Waals surface area contributed by atoms with E-state index in [4.69, 9.17) is 11.5 Å². The predicted octanol–water partition coefficient (Wildman–Crippen LogP) is 1.11. The van der Waals surface area contributed by atoms with Crippen LogP contribution in [0.25, 0.3) is 0 Å². The number of nitrogens with two attached hydrogens (primary N) is 2. The first kappa shape index (κ1) is 13.4. The van der Waals surface area contributed by atoms with Crippen molar-refractivity contribution < 1.29 is 4.79 Å². The Bertz CT molecular complexity index is 371. The Morgan fingerprint density at radius 1 is 1.41 bits per heavy atom. The van der Waals surface area contributed by atoms with E-state index in [0.29, 0.717) is 17.9 Å². The number of rotatable bonds is 6. The van der Waals surface area contributed by atoms with Crippen LogP contribution in [0.2, 0.25) is 0 Å². The van der Waals surface area contributed by atoms with E-state index in [9.17, 15) is 4.79 Å². The Morgan fingerprint density at radius 3 is 2.47 bits per heavy atom. The molecular weight excluding hydrogens is 216 g/mol. The Hall–Kier alpha value is -1.62. The molecular formula is C12H20N4O. The molecule has 0 aromatic carbocycles. The summed E-state index contributed by atoms with van der Waals surface area (Å²) < 4.78 is 0. The third-order valence-corrected chi connectivity index (χ3v) is 3.08. The van der Waals surface area contributed by atoms with Gasteiger partial charge in [0.1, 0.15) is 5.82 Å². The van der Waals surface area contributed by atoms with Gasteiger partial charge in [0.25, 0.3) is 0 Å². The summed E-state index contributed by atoms with van der Waals surface area (Å²) >= 11 is 0. The highest BCUT2D eigenvalue weighted by molar-refractivity contribution is 5.92. The van der Waals surface area contributed by atoms with E-state index < -0.39 is 5.91 Å². The molecule has 0 fully saturated rings. The molecule has 0 aliphatic rings. The zero-order chi connectivity index (χ0) is 12.9. The normalized spacial score (nSPS) is 11.2. The molecule has 0 aliphatic carbocycles. The molecule has 5 N–H and O–H groups in total. The molecule has 1 aromatic rings. The molecule has 0 unspecified atom stereocenters. The number of primary amides is 1. The number of aromatic nitrogens is 1. The fourth-order valence-electron chi connectivity index (χ4n) is 1.41. The number of pyridine rings is 1. The SMILES string of the molecule is CCC(N)(CC)CNc1ccc(C(N)=O)cn1. The fraction of sp³-hybridized carbons (Fsp3) is 0.500. The van der Waals surface area contributed by atoms with Crippen LogP contribution in [0.15, 0.2) is 18.3 Å². The minimum atomic E-state index is -0.473. The van der Waals surface area contributed by atoms with Gasteiger partial charge in [0.2, 0.25) is 5.91 Å². The van der Waals surface area contributed by atoms with Crippen molar-refractivity contribution in [1.29, 1.82) is 0 Å². The Balaban J connectivity index is 2.61. The van der Waals surface area contributed by atoms with Crippen LogP contribution >= 0.6 is 0 Å². The second kappa shape index (κ2) is 5.63. The molecule has 0 spiro atoms. The lowest BCUT2D eigenvalue weighted by Crippen LogP contribution is -2.45. The van der Waals surface area contributed by atoms with Crippen molar-refractivity contribution in [3.63, 3.8) is 0 Å². The summed E-state index contributed by atoms with van der Waals surface area (Å²) in [6, 6.07) is 3.37. The molecule has 0 saturated carbocycles. The fourth-order valence-corrected chi connectivity index (χ4v) is 1.41. The minimum Gasteiger partial charge on any atom is -0.368 e. The van der Waals surface area contributed by atoms with Crippen LogP contribution in [0, 0.1) is 0 Å². The maximum absolute atomic E-state index is 10.9. The number of hydrogen-bond acceptors (Lipinski definition) is 4. The van der Waals surface area contributed by atoms with Crippen molar-refractivity contribution in [2.45, 2.75) is 32.2 Å². The first-order valence-corrected chi connectivity index (χ1v) is 5.79. The minimum absolute atomic E-state index is 0.218. The van der Waals surface area contributed by atoms with Gasteiger partial charge in [-0.3, -0.25) is 4.79 Å². The Labute approximate surface area is 102 Å². The average Bonchev–Trinajstić information content (AvgIpc) is 2.36. The monoisotopic (exact) mass is 236 g/mol. The molecule has 5 nitrogen and oxygen atoms in total. The van der Waals surface area contributed by atoms with Gasteiger partial charge < -0.3 is 16.8 Å². The molecule has 1 amide bonds. The maximum Gasteiger partial charge on any atom is 0.250 e. The van der Waals surface area contributed by atoms with Gasteiger partial charge in [-0.25, -0.2) is 4.98 Å². The quantitative estimate of drug-likeness (QED) is 0.689. The molecule has 94 valence electrons. The van der Waals surface area contributed by atoms with Crippen LogP contribution in [0.1, 0.15) is 37.0 Å². The highest BCUT2D eigenvalue weighted by Crippen LogP contribution is 2.12. The molecule has 0 bridgehead atoms. The number of amides is 1. The summed E-state index contributed by atoms with van der Waals surface area (Å²) in [4.78, 5) is 15.0. The van der Waals surface area contributed by atoms with E-state index in [1.165, 1.54) is 6.20 Å². The van der Waals surface area contributed by atoms with E-state index in [2.05, 4.69) is 24.1 Å².